The van der Waals surface area contributed by atoms with Gasteiger partial charge >= 0.3 is 0 Å². The summed E-state index contributed by atoms with van der Waals surface area (Å²) in [7, 11) is 0. The molecule has 0 aliphatic heterocycles. The summed E-state index contributed by atoms with van der Waals surface area (Å²) >= 11 is 0. The van der Waals surface area contributed by atoms with Gasteiger partial charge < -0.3 is 10.1 Å². The van der Waals surface area contributed by atoms with E-state index in [9.17, 15) is 0 Å². The topological polar surface area (TPSA) is 34.2 Å². The molecule has 1 saturated carbocycles. The molecule has 1 heterocycles. The van der Waals surface area contributed by atoms with Crippen LogP contribution in [0.2, 0.25) is 0 Å². The van der Waals surface area contributed by atoms with Crippen LogP contribution in [0.1, 0.15) is 64.0 Å². The molecule has 20 heavy (non-hydrogen) atoms. The Morgan fingerprint density at radius 3 is 2.80 bits per heavy atom. The van der Waals surface area contributed by atoms with Gasteiger partial charge in [-0.25, -0.2) is 0 Å². The SMILES string of the molecule is CCNC(CCC1CCCC1)c1cncc(OCC)c1. The first kappa shape index (κ1) is 15.3. The van der Waals surface area contributed by atoms with E-state index in [1.807, 2.05) is 13.1 Å². The Morgan fingerprint density at radius 2 is 2.10 bits per heavy atom. The maximum absolute atomic E-state index is 5.56. The van der Waals surface area contributed by atoms with E-state index in [4.69, 9.17) is 4.74 Å². The molecule has 1 aliphatic rings. The normalized spacial score (nSPS) is 17.3. The Hall–Kier alpha value is -1.09. The van der Waals surface area contributed by atoms with Crippen LogP contribution in [0.5, 0.6) is 5.75 Å². The van der Waals surface area contributed by atoms with E-state index in [-0.39, 0.29) is 0 Å². The number of hydrogen-bond acceptors (Lipinski definition) is 3. The summed E-state index contributed by atoms with van der Waals surface area (Å²) in [5.41, 5.74) is 1.26. The maximum atomic E-state index is 5.56. The zero-order valence-corrected chi connectivity index (χ0v) is 12.9. The number of rotatable bonds is 8. The number of pyridine rings is 1. The molecule has 1 aliphatic carbocycles. The van der Waals surface area contributed by atoms with Gasteiger partial charge in [0.25, 0.3) is 0 Å². The van der Waals surface area contributed by atoms with E-state index in [1.54, 1.807) is 6.20 Å². The maximum Gasteiger partial charge on any atom is 0.137 e. The van der Waals surface area contributed by atoms with Crippen molar-refractivity contribution in [1.82, 2.24) is 10.3 Å². The third-order valence-corrected chi connectivity index (χ3v) is 4.24. The first-order valence-corrected chi connectivity index (χ1v) is 8.14. The molecular formula is C17H28N2O. The van der Waals surface area contributed by atoms with Crippen LogP contribution < -0.4 is 10.1 Å². The molecule has 112 valence electrons. The van der Waals surface area contributed by atoms with Gasteiger partial charge in [0.15, 0.2) is 0 Å². The third-order valence-electron chi connectivity index (χ3n) is 4.24. The fourth-order valence-corrected chi connectivity index (χ4v) is 3.21. The van der Waals surface area contributed by atoms with E-state index in [0.717, 1.165) is 18.2 Å². The molecule has 3 heteroatoms. The van der Waals surface area contributed by atoms with Crippen molar-refractivity contribution < 1.29 is 4.74 Å². The zero-order valence-electron chi connectivity index (χ0n) is 12.9. The van der Waals surface area contributed by atoms with Gasteiger partial charge in [-0.3, -0.25) is 4.98 Å². The van der Waals surface area contributed by atoms with Gasteiger partial charge in [0.2, 0.25) is 0 Å². The second-order valence-electron chi connectivity index (χ2n) is 5.73. The lowest BCUT2D eigenvalue weighted by Gasteiger charge is -2.20. The summed E-state index contributed by atoms with van der Waals surface area (Å²) in [6.07, 6.45) is 12.0. The smallest absolute Gasteiger partial charge is 0.137 e. The van der Waals surface area contributed by atoms with Crippen LogP contribution in [0.3, 0.4) is 0 Å². The molecule has 1 aromatic heterocycles. The summed E-state index contributed by atoms with van der Waals surface area (Å²) in [6.45, 7) is 5.87. The molecule has 1 atom stereocenters. The minimum absolute atomic E-state index is 0.411. The molecule has 0 amide bonds. The molecule has 1 N–H and O–H groups in total. The average Bonchev–Trinajstić information content (AvgIpc) is 2.97. The Kier molecular flexibility index (Phi) is 6.31. The van der Waals surface area contributed by atoms with Gasteiger partial charge in [-0.15, -0.1) is 0 Å². The van der Waals surface area contributed by atoms with Crippen molar-refractivity contribution in [2.75, 3.05) is 13.2 Å². The van der Waals surface area contributed by atoms with Gasteiger partial charge in [0, 0.05) is 12.2 Å². The predicted octanol–water partition coefficient (Wildman–Crippen LogP) is 4.10. The van der Waals surface area contributed by atoms with Gasteiger partial charge in [0.1, 0.15) is 5.75 Å². The third kappa shape index (κ3) is 4.48. The molecule has 1 aromatic rings. The summed E-state index contributed by atoms with van der Waals surface area (Å²) in [5, 5.41) is 3.60. The van der Waals surface area contributed by atoms with Crippen LogP contribution in [0.4, 0.5) is 0 Å². The van der Waals surface area contributed by atoms with Crippen LogP contribution >= 0.6 is 0 Å². The second kappa shape index (κ2) is 8.25. The molecule has 0 spiro atoms. The van der Waals surface area contributed by atoms with E-state index in [0.29, 0.717) is 12.6 Å². The molecule has 0 aromatic carbocycles. The van der Waals surface area contributed by atoms with E-state index >= 15 is 0 Å². The van der Waals surface area contributed by atoms with E-state index in [1.165, 1.54) is 44.1 Å². The zero-order chi connectivity index (χ0) is 14.2. The molecule has 0 radical (unpaired) electrons. The van der Waals surface area contributed by atoms with Gasteiger partial charge in [-0.2, -0.15) is 0 Å². The van der Waals surface area contributed by atoms with Gasteiger partial charge in [-0.05, 0) is 43.9 Å². The molecule has 3 nitrogen and oxygen atoms in total. The van der Waals surface area contributed by atoms with Crippen LogP contribution in [0.15, 0.2) is 18.5 Å². The summed E-state index contributed by atoms with van der Waals surface area (Å²) < 4.78 is 5.56. The summed E-state index contributed by atoms with van der Waals surface area (Å²) in [5.74, 6) is 1.83. The largest absolute Gasteiger partial charge is 0.492 e. The van der Waals surface area contributed by atoms with Crippen LogP contribution in [-0.2, 0) is 0 Å². The van der Waals surface area contributed by atoms with Crippen molar-refractivity contribution in [3.05, 3.63) is 24.0 Å². The highest BCUT2D eigenvalue weighted by molar-refractivity contribution is 5.26. The number of nitrogens with one attached hydrogen (secondary N) is 1. The Labute approximate surface area is 123 Å². The first-order valence-electron chi connectivity index (χ1n) is 8.14. The van der Waals surface area contributed by atoms with Crippen molar-refractivity contribution in [2.24, 2.45) is 5.92 Å². The lowest BCUT2D eigenvalue weighted by molar-refractivity contribution is 0.337. The van der Waals surface area contributed by atoms with Crippen LogP contribution in [0, 0.1) is 5.92 Å². The highest BCUT2D eigenvalue weighted by Gasteiger charge is 2.18. The predicted molar refractivity (Wildman–Crippen MR) is 83.0 cm³/mol. The van der Waals surface area contributed by atoms with Crippen LogP contribution in [-0.4, -0.2) is 18.1 Å². The summed E-state index contributed by atoms with van der Waals surface area (Å²) in [6, 6.07) is 2.55. The summed E-state index contributed by atoms with van der Waals surface area (Å²) in [4.78, 5) is 4.32. The lowest BCUT2D eigenvalue weighted by Crippen LogP contribution is -2.21. The molecular weight excluding hydrogens is 248 g/mol. The fourth-order valence-electron chi connectivity index (χ4n) is 3.21. The van der Waals surface area contributed by atoms with Crippen molar-refractivity contribution in [2.45, 2.75) is 58.4 Å². The minimum atomic E-state index is 0.411. The highest BCUT2D eigenvalue weighted by Crippen LogP contribution is 2.31. The van der Waals surface area contributed by atoms with Crippen molar-refractivity contribution in [1.29, 1.82) is 0 Å². The molecule has 2 rings (SSSR count). The van der Waals surface area contributed by atoms with Crippen molar-refractivity contribution in [3.8, 4) is 5.75 Å². The Bertz CT molecular complexity index is 388. The number of nitrogens with zero attached hydrogens (tertiary/aromatic N) is 1. The van der Waals surface area contributed by atoms with E-state index < -0.39 is 0 Å². The first-order chi connectivity index (χ1) is 9.83. The second-order valence-corrected chi connectivity index (χ2v) is 5.73. The monoisotopic (exact) mass is 276 g/mol. The minimum Gasteiger partial charge on any atom is -0.492 e. The van der Waals surface area contributed by atoms with Gasteiger partial charge in [-0.1, -0.05) is 32.6 Å². The standard InChI is InChI=1S/C17H28N2O/c1-3-19-17(10-9-14-7-5-6-8-14)15-11-16(20-4-2)13-18-12-15/h11-14,17,19H,3-10H2,1-2H3. The van der Waals surface area contributed by atoms with E-state index in [2.05, 4.69) is 23.3 Å². The number of hydrogen-bond donors (Lipinski definition) is 1. The van der Waals surface area contributed by atoms with Crippen LogP contribution in [0.25, 0.3) is 0 Å². The quantitative estimate of drug-likeness (QED) is 0.776. The number of aromatic nitrogens is 1. The Morgan fingerprint density at radius 1 is 1.30 bits per heavy atom. The lowest BCUT2D eigenvalue weighted by atomic mass is 9.95. The average molecular weight is 276 g/mol. The Balaban J connectivity index is 1.96. The van der Waals surface area contributed by atoms with Crippen molar-refractivity contribution >= 4 is 0 Å². The van der Waals surface area contributed by atoms with Gasteiger partial charge in [0.05, 0.1) is 12.8 Å². The molecule has 0 bridgehead atoms. The highest BCUT2D eigenvalue weighted by atomic mass is 16.5. The van der Waals surface area contributed by atoms with Crippen molar-refractivity contribution in [3.63, 3.8) is 0 Å². The number of ether oxygens (including phenoxy) is 1. The fraction of sp³-hybridized carbons (Fsp3) is 0.706. The molecule has 1 unspecified atom stereocenters. The molecule has 0 saturated heterocycles. The molecule has 1 fully saturated rings.